The Hall–Kier alpha value is -3.06. The summed E-state index contributed by atoms with van der Waals surface area (Å²) in [5, 5.41) is 29.0. The van der Waals surface area contributed by atoms with E-state index in [1.807, 2.05) is 30.3 Å². The zero-order valence-corrected chi connectivity index (χ0v) is 12.1. The highest BCUT2D eigenvalue weighted by Crippen LogP contribution is 2.20. The van der Waals surface area contributed by atoms with E-state index in [-0.39, 0.29) is 5.69 Å². The zero-order valence-electron chi connectivity index (χ0n) is 12.1. The van der Waals surface area contributed by atoms with Crippen LogP contribution in [0.5, 0.6) is 0 Å². The van der Waals surface area contributed by atoms with Gasteiger partial charge in [0.05, 0.1) is 11.5 Å². The maximum atomic E-state index is 10.7. The lowest BCUT2D eigenvalue weighted by Crippen LogP contribution is -2.10. The van der Waals surface area contributed by atoms with Crippen molar-refractivity contribution in [2.75, 3.05) is 0 Å². The summed E-state index contributed by atoms with van der Waals surface area (Å²) in [5.41, 5.74) is 1.63. The van der Waals surface area contributed by atoms with Crippen molar-refractivity contribution >= 4 is 5.69 Å². The molecule has 0 aliphatic carbocycles. The van der Waals surface area contributed by atoms with E-state index in [4.69, 9.17) is 0 Å². The number of rotatable bonds is 5. The van der Waals surface area contributed by atoms with E-state index in [0.717, 1.165) is 11.1 Å². The van der Waals surface area contributed by atoms with E-state index in [2.05, 4.69) is 10.2 Å². The number of nitrogens with zero attached hydrogens (tertiary/aromatic N) is 4. The summed E-state index contributed by atoms with van der Waals surface area (Å²) < 4.78 is 1.72. The normalized spacial score (nSPS) is 12.0. The van der Waals surface area contributed by atoms with Crippen LogP contribution in [-0.4, -0.2) is 24.8 Å². The summed E-state index contributed by atoms with van der Waals surface area (Å²) in [4.78, 5) is 10.2. The van der Waals surface area contributed by atoms with Crippen LogP contribution in [0, 0.1) is 10.1 Å². The van der Waals surface area contributed by atoms with Gasteiger partial charge in [0.25, 0.3) is 5.69 Å². The van der Waals surface area contributed by atoms with Gasteiger partial charge in [-0.1, -0.05) is 42.5 Å². The molecule has 7 heteroatoms. The molecule has 0 aliphatic heterocycles. The van der Waals surface area contributed by atoms with Crippen LogP contribution >= 0.6 is 0 Å². The molecule has 1 heterocycles. The molecule has 0 spiro atoms. The number of non-ortho nitro benzene ring substituents is 1. The average molecular weight is 310 g/mol. The van der Waals surface area contributed by atoms with Crippen molar-refractivity contribution in [2.24, 2.45) is 0 Å². The molecule has 7 nitrogen and oxygen atoms in total. The van der Waals surface area contributed by atoms with Crippen LogP contribution in [-0.2, 0) is 6.54 Å². The Morgan fingerprint density at radius 2 is 1.83 bits per heavy atom. The molecule has 116 valence electrons. The van der Waals surface area contributed by atoms with Crippen molar-refractivity contribution < 1.29 is 10.0 Å². The molecule has 0 amide bonds. The number of aliphatic hydroxyl groups is 1. The molecule has 2 aromatic carbocycles. The van der Waals surface area contributed by atoms with Crippen molar-refractivity contribution in [3.8, 4) is 0 Å². The van der Waals surface area contributed by atoms with Gasteiger partial charge in [-0.2, -0.15) is 0 Å². The molecule has 0 saturated carbocycles. The Kier molecular flexibility index (Phi) is 4.11. The fourth-order valence-electron chi connectivity index (χ4n) is 2.30. The third-order valence-electron chi connectivity index (χ3n) is 3.51. The maximum absolute atomic E-state index is 10.7. The second-order valence-corrected chi connectivity index (χ2v) is 5.05. The molecule has 0 unspecified atom stereocenters. The quantitative estimate of drug-likeness (QED) is 0.576. The van der Waals surface area contributed by atoms with Crippen LogP contribution in [0.2, 0.25) is 0 Å². The van der Waals surface area contributed by atoms with Crippen LogP contribution in [0.3, 0.4) is 0 Å². The SMILES string of the molecule is O=[N+]([O-])c1ccc(Cn2cnnc2[C@@H](O)c2ccccc2)cc1. The van der Waals surface area contributed by atoms with Crippen molar-refractivity contribution in [2.45, 2.75) is 12.6 Å². The highest BCUT2D eigenvalue weighted by molar-refractivity contribution is 5.33. The molecule has 0 fully saturated rings. The first-order valence-corrected chi connectivity index (χ1v) is 6.99. The molecular formula is C16H14N4O3. The summed E-state index contributed by atoms with van der Waals surface area (Å²) in [5.74, 6) is 0.426. The Balaban J connectivity index is 1.82. The van der Waals surface area contributed by atoms with Crippen molar-refractivity contribution in [3.05, 3.63) is 88.0 Å². The van der Waals surface area contributed by atoms with E-state index >= 15 is 0 Å². The zero-order chi connectivity index (χ0) is 16.2. The smallest absolute Gasteiger partial charge is 0.269 e. The van der Waals surface area contributed by atoms with Gasteiger partial charge in [-0.15, -0.1) is 10.2 Å². The lowest BCUT2D eigenvalue weighted by atomic mass is 10.1. The highest BCUT2D eigenvalue weighted by Gasteiger charge is 2.17. The summed E-state index contributed by atoms with van der Waals surface area (Å²) in [6.07, 6.45) is 0.653. The minimum atomic E-state index is -0.878. The molecule has 1 N–H and O–H groups in total. The van der Waals surface area contributed by atoms with Gasteiger partial charge in [0.2, 0.25) is 0 Å². The number of hydrogen-bond acceptors (Lipinski definition) is 5. The number of nitro benzene ring substituents is 1. The van der Waals surface area contributed by atoms with E-state index in [1.54, 1.807) is 16.7 Å². The number of nitro groups is 1. The Labute approximate surface area is 132 Å². The van der Waals surface area contributed by atoms with Gasteiger partial charge in [-0.05, 0) is 11.1 Å². The molecule has 0 aliphatic rings. The number of benzene rings is 2. The fourth-order valence-corrected chi connectivity index (χ4v) is 2.30. The fraction of sp³-hybridized carbons (Fsp3) is 0.125. The standard InChI is InChI=1S/C16H14N4O3/c21-15(13-4-2-1-3-5-13)16-18-17-11-19(16)10-12-6-8-14(9-7-12)20(22)23/h1-9,11,15,21H,10H2/t15-/m0/s1. The van der Waals surface area contributed by atoms with E-state index in [1.165, 1.54) is 18.5 Å². The monoisotopic (exact) mass is 310 g/mol. The summed E-state index contributed by atoms with van der Waals surface area (Å²) in [6.45, 7) is 0.421. The lowest BCUT2D eigenvalue weighted by Gasteiger charge is -2.12. The maximum Gasteiger partial charge on any atom is 0.269 e. The minimum Gasteiger partial charge on any atom is -0.380 e. The molecule has 1 atom stereocenters. The number of hydrogen-bond donors (Lipinski definition) is 1. The second-order valence-electron chi connectivity index (χ2n) is 5.05. The Morgan fingerprint density at radius 1 is 1.13 bits per heavy atom. The molecule has 0 saturated heterocycles. The van der Waals surface area contributed by atoms with Gasteiger partial charge in [0.15, 0.2) is 5.82 Å². The van der Waals surface area contributed by atoms with Crippen LogP contribution in [0.1, 0.15) is 23.1 Å². The first-order chi connectivity index (χ1) is 11.1. The van der Waals surface area contributed by atoms with Crippen LogP contribution in [0.4, 0.5) is 5.69 Å². The van der Waals surface area contributed by atoms with E-state index in [0.29, 0.717) is 12.4 Å². The summed E-state index contributed by atoms with van der Waals surface area (Å²) in [7, 11) is 0. The van der Waals surface area contributed by atoms with Crippen LogP contribution < -0.4 is 0 Å². The van der Waals surface area contributed by atoms with Gasteiger partial charge >= 0.3 is 0 Å². The second kappa shape index (κ2) is 6.37. The van der Waals surface area contributed by atoms with Gasteiger partial charge in [0.1, 0.15) is 12.4 Å². The molecule has 3 rings (SSSR count). The Bertz CT molecular complexity index is 800. The summed E-state index contributed by atoms with van der Waals surface area (Å²) in [6, 6.07) is 15.4. The molecule has 0 bridgehead atoms. The molecule has 1 aromatic heterocycles. The predicted octanol–water partition coefficient (Wildman–Crippen LogP) is 2.32. The van der Waals surface area contributed by atoms with Crippen molar-refractivity contribution in [3.63, 3.8) is 0 Å². The van der Waals surface area contributed by atoms with Gasteiger partial charge in [0, 0.05) is 12.1 Å². The van der Waals surface area contributed by atoms with Crippen molar-refractivity contribution in [1.82, 2.24) is 14.8 Å². The van der Waals surface area contributed by atoms with E-state index < -0.39 is 11.0 Å². The summed E-state index contributed by atoms with van der Waals surface area (Å²) >= 11 is 0. The Morgan fingerprint density at radius 3 is 2.48 bits per heavy atom. The van der Waals surface area contributed by atoms with Gasteiger partial charge < -0.3 is 9.67 Å². The highest BCUT2D eigenvalue weighted by atomic mass is 16.6. The topological polar surface area (TPSA) is 94.1 Å². The minimum absolute atomic E-state index is 0.0436. The van der Waals surface area contributed by atoms with Crippen molar-refractivity contribution in [1.29, 1.82) is 0 Å². The van der Waals surface area contributed by atoms with E-state index in [9.17, 15) is 15.2 Å². The third-order valence-corrected chi connectivity index (χ3v) is 3.51. The molecule has 23 heavy (non-hydrogen) atoms. The van der Waals surface area contributed by atoms with Gasteiger partial charge in [-0.3, -0.25) is 10.1 Å². The van der Waals surface area contributed by atoms with Crippen LogP contribution in [0.15, 0.2) is 60.9 Å². The average Bonchev–Trinajstić information content (AvgIpc) is 3.03. The molecule has 3 aromatic rings. The first-order valence-electron chi connectivity index (χ1n) is 6.99. The third kappa shape index (κ3) is 3.24. The number of aromatic nitrogens is 3. The largest absolute Gasteiger partial charge is 0.380 e. The molecular weight excluding hydrogens is 296 g/mol. The van der Waals surface area contributed by atoms with Gasteiger partial charge in [-0.25, -0.2) is 0 Å². The first kappa shape index (κ1) is 14.9. The van der Waals surface area contributed by atoms with Crippen LogP contribution in [0.25, 0.3) is 0 Å². The predicted molar refractivity (Wildman–Crippen MR) is 82.7 cm³/mol. The lowest BCUT2D eigenvalue weighted by molar-refractivity contribution is -0.384. The molecule has 0 radical (unpaired) electrons. The number of aliphatic hydroxyl groups excluding tert-OH is 1.